The van der Waals surface area contributed by atoms with Crippen molar-refractivity contribution < 1.29 is 9.42 Å². The Kier molecular flexibility index (Phi) is 3.54. The zero-order valence-electron chi connectivity index (χ0n) is 11.0. The van der Waals surface area contributed by atoms with Gasteiger partial charge in [-0.3, -0.25) is 0 Å². The fraction of sp³-hybridized carbons (Fsp3) is 0.250. The molecule has 0 aromatic heterocycles. The van der Waals surface area contributed by atoms with Crippen LogP contribution in [0.5, 0.6) is 5.75 Å². The highest BCUT2D eigenvalue weighted by atomic mass is 31.2. The Morgan fingerprint density at radius 1 is 1.05 bits per heavy atom. The Morgan fingerprint density at radius 3 is 2.68 bits per heavy atom. The molecule has 19 heavy (non-hydrogen) atoms. The number of para-hydroxylation sites is 1. The molecule has 0 fully saturated rings. The summed E-state index contributed by atoms with van der Waals surface area (Å²) in [6.45, 7) is 2.18. The summed E-state index contributed by atoms with van der Waals surface area (Å²) in [7, 11) is -1.53. The zero-order chi connectivity index (χ0) is 13.2. The first-order valence-electron chi connectivity index (χ1n) is 6.69. The highest BCUT2D eigenvalue weighted by Gasteiger charge is 2.27. The van der Waals surface area contributed by atoms with Gasteiger partial charge in [-0.25, -0.2) is 0 Å². The molecule has 1 aliphatic rings. The van der Waals surface area contributed by atoms with Crippen molar-refractivity contribution >= 4 is 13.7 Å². The summed E-state index contributed by atoms with van der Waals surface area (Å²) < 4.78 is 5.70. The fourth-order valence-electron chi connectivity index (χ4n) is 2.51. The first kappa shape index (κ1) is 12.7. The molecule has 2 aromatic rings. The highest BCUT2D eigenvalue weighted by molar-refractivity contribution is 7.56. The highest BCUT2D eigenvalue weighted by Crippen LogP contribution is 2.46. The van der Waals surface area contributed by atoms with Crippen LogP contribution in [-0.2, 0) is 6.42 Å². The maximum atomic E-state index is 10.3. The van der Waals surface area contributed by atoms with E-state index in [9.17, 15) is 4.89 Å². The maximum absolute atomic E-state index is 10.3. The summed E-state index contributed by atoms with van der Waals surface area (Å²) in [6.07, 6.45) is 3.30. The van der Waals surface area contributed by atoms with E-state index >= 15 is 0 Å². The topological polar surface area (TPSA) is 29.5 Å². The summed E-state index contributed by atoms with van der Waals surface area (Å²) in [5, 5.41) is 1.00. The van der Waals surface area contributed by atoms with E-state index in [1.54, 1.807) is 0 Å². The van der Waals surface area contributed by atoms with E-state index in [4.69, 9.17) is 4.52 Å². The van der Waals surface area contributed by atoms with E-state index < -0.39 is 8.38 Å². The van der Waals surface area contributed by atoms with Gasteiger partial charge in [-0.1, -0.05) is 49.7 Å². The predicted octanol–water partition coefficient (Wildman–Crippen LogP) is 4.02. The molecule has 0 saturated heterocycles. The van der Waals surface area contributed by atoms with Crippen LogP contribution in [0.4, 0.5) is 0 Å². The minimum Gasteiger partial charge on any atom is -0.443 e. The van der Waals surface area contributed by atoms with Crippen molar-refractivity contribution in [3.05, 3.63) is 48.0 Å². The molecular weight excluding hydrogens is 255 g/mol. The van der Waals surface area contributed by atoms with Gasteiger partial charge >= 0.3 is 0 Å². The first-order valence-corrected chi connectivity index (χ1v) is 7.90. The van der Waals surface area contributed by atoms with E-state index in [1.165, 1.54) is 5.56 Å². The van der Waals surface area contributed by atoms with E-state index in [0.29, 0.717) is 0 Å². The SMILES string of the molecule is CCCCc1cccc2c1P(O)Oc1ccccc1-2. The van der Waals surface area contributed by atoms with Crippen LogP contribution in [0.15, 0.2) is 42.5 Å². The molecule has 0 bridgehead atoms. The van der Waals surface area contributed by atoms with Crippen molar-refractivity contribution in [2.75, 3.05) is 0 Å². The van der Waals surface area contributed by atoms with Crippen molar-refractivity contribution in [3.63, 3.8) is 0 Å². The van der Waals surface area contributed by atoms with Crippen LogP contribution in [0, 0.1) is 0 Å². The largest absolute Gasteiger partial charge is 0.443 e. The van der Waals surface area contributed by atoms with Gasteiger partial charge in [-0.2, -0.15) is 0 Å². The predicted molar refractivity (Wildman–Crippen MR) is 79.9 cm³/mol. The normalized spacial score (nSPS) is 16.4. The Balaban J connectivity index is 2.12. The van der Waals surface area contributed by atoms with Crippen molar-refractivity contribution in [1.29, 1.82) is 0 Å². The van der Waals surface area contributed by atoms with Crippen LogP contribution in [0.3, 0.4) is 0 Å². The van der Waals surface area contributed by atoms with E-state index in [0.717, 1.165) is 41.4 Å². The van der Waals surface area contributed by atoms with Crippen LogP contribution in [-0.4, -0.2) is 4.89 Å². The molecule has 3 rings (SSSR count). The first-order chi connectivity index (χ1) is 9.31. The molecule has 0 aliphatic carbocycles. The Bertz CT molecular complexity index is 595. The molecule has 0 spiro atoms. The molecular formula is C16H17O2P. The minimum absolute atomic E-state index is 0.788. The van der Waals surface area contributed by atoms with Crippen LogP contribution in [0.2, 0.25) is 0 Å². The van der Waals surface area contributed by atoms with Gasteiger partial charge in [-0.05, 0) is 30.0 Å². The Labute approximate surface area is 115 Å². The lowest BCUT2D eigenvalue weighted by atomic mass is 9.99. The average molecular weight is 272 g/mol. The molecule has 1 aliphatic heterocycles. The molecule has 3 heteroatoms. The third kappa shape index (κ3) is 2.27. The maximum Gasteiger partial charge on any atom is 0.263 e. The van der Waals surface area contributed by atoms with E-state index in [1.807, 2.05) is 18.2 Å². The fourth-order valence-corrected chi connectivity index (χ4v) is 3.78. The number of rotatable bonds is 3. The molecule has 98 valence electrons. The third-order valence-electron chi connectivity index (χ3n) is 3.47. The molecule has 0 saturated carbocycles. The van der Waals surface area contributed by atoms with Gasteiger partial charge in [0.25, 0.3) is 8.38 Å². The van der Waals surface area contributed by atoms with E-state index in [2.05, 4.69) is 31.2 Å². The number of benzene rings is 2. The Hall–Kier alpha value is -1.37. The molecule has 0 amide bonds. The minimum atomic E-state index is -1.53. The van der Waals surface area contributed by atoms with Gasteiger partial charge in [0.2, 0.25) is 0 Å². The van der Waals surface area contributed by atoms with E-state index in [-0.39, 0.29) is 0 Å². The quantitative estimate of drug-likeness (QED) is 0.855. The second-order valence-corrected chi connectivity index (χ2v) is 5.95. The number of hydrogen-bond donors (Lipinski definition) is 1. The lowest BCUT2D eigenvalue weighted by molar-refractivity contribution is 0.497. The lowest BCUT2D eigenvalue weighted by Crippen LogP contribution is -2.18. The molecule has 1 N–H and O–H groups in total. The zero-order valence-corrected chi connectivity index (χ0v) is 11.9. The van der Waals surface area contributed by atoms with Gasteiger partial charge in [-0.15, -0.1) is 0 Å². The van der Waals surface area contributed by atoms with Crippen LogP contribution >= 0.6 is 8.38 Å². The molecule has 0 radical (unpaired) electrons. The molecule has 1 atom stereocenters. The summed E-state index contributed by atoms with van der Waals surface area (Å²) >= 11 is 0. The van der Waals surface area contributed by atoms with Crippen molar-refractivity contribution in [2.45, 2.75) is 26.2 Å². The number of unbranched alkanes of at least 4 members (excludes halogenated alkanes) is 1. The standard InChI is InChI=1S/C16H17O2P/c1-2-3-7-12-8-6-10-14-13-9-4-5-11-15(13)18-19(17)16(12)14/h4-6,8-11,17H,2-3,7H2,1H3. The van der Waals surface area contributed by atoms with Crippen molar-refractivity contribution in [2.24, 2.45) is 0 Å². The molecule has 2 nitrogen and oxygen atoms in total. The second kappa shape index (κ2) is 5.32. The average Bonchev–Trinajstić information content (AvgIpc) is 2.45. The smallest absolute Gasteiger partial charge is 0.263 e. The summed E-state index contributed by atoms with van der Waals surface area (Å²) in [5.74, 6) is 0.788. The molecule has 2 aromatic carbocycles. The number of fused-ring (bicyclic) bond motifs is 3. The third-order valence-corrected chi connectivity index (χ3v) is 4.75. The van der Waals surface area contributed by atoms with Gasteiger partial charge < -0.3 is 9.42 Å². The number of hydrogen-bond acceptors (Lipinski definition) is 2. The molecule has 1 unspecified atom stereocenters. The lowest BCUT2D eigenvalue weighted by Gasteiger charge is -2.26. The summed E-state index contributed by atoms with van der Waals surface area (Å²) in [6, 6.07) is 14.2. The molecule has 1 heterocycles. The van der Waals surface area contributed by atoms with Crippen LogP contribution < -0.4 is 9.83 Å². The second-order valence-electron chi connectivity index (χ2n) is 4.78. The number of aryl methyl sites for hydroxylation is 1. The van der Waals surface area contributed by atoms with Crippen LogP contribution in [0.1, 0.15) is 25.3 Å². The summed E-state index contributed by atoms with van der Waals surface area (Å²) in [4.78, 5) is 10.3. The van der Waals surface area contributed by atoms with Gasteiger partial charge in [0.05, 0.1) is 5.30 Å². The Morgan fingerprint density at radius 2 is 1.84 bits per heavy atom. The van der Waals surface area contributed by atoms with Gasteiger partial charge in [0, 0.05) is 5.56 Å². The summed E-state index contributed by atoms with van der Waals surface area (Å²) in [5.41, 5.74) is 3.44. The van der Waals surface area contributed by atoms with Crippen molar-refractivity contribution in [3.8, 4) is 16.9 Å². The van der Waals surface area contributed by atoms with Crippen molar-refractivity contribution in [1.82, 2.24) is 0 Å². The van der Waals surface area contributed by atoms with Gasteiger partial charge in [0.15, 0.2) is 0 Å². The van der Waals surface area contributed by atoms with Gasteiger partial charge in [0.1, 0.15) is 5.75 Å². The van der Waals surface area contributed by atoms with Crippen LogP contribution in [0.25, 0.3) is 11.1 Å². The monoisotopic (exact) mass is 272 g/mol.